The van der Waals surface area contributed by atoms with E-state index in [1.807, 2.05) is 12.1 Å². The maximum absolute atomic E-state index is 11.6. The van der Waals surface area contributed by atoms with Gasteiger partial charge in [0.1, 0.15) is 0 Å². The molecule has 0 radical (unpaired) electrons. The summed E-state index contributed by atoms with van der Waals surface area (Å²) in [6.07, 6.45) is 3.52. The Kier molecular flexibility index (Phi) is 4.84. The van der Waals surface area contributed by atoms with Crippen molar-refractivity contribution in [1.29, 1.82) is 0 Å². The molecule has 0 spiro atoms. The number of carbonyl (C=O) groups excluding carboxylic acids is 1. The van der Waals surface area contributed by atoms with Gasteiger partial charge in [-0.15, -0.1) is 0 Å². The number of carbonyl (C=O) groups is 1. The number of urea groups is 1. The van der Waals surface area contributed by atoms with Gasteiger partial charge < -0.3 is 16.0 Å². The van der Waals surface area contributed by atoms with E-state index in [4.69, 9.17) is 11.6 Å². The molecule has 2 amide bonds. The monoisotopic (exact) mass is 267 g/mol. The number of benzene rings is 1. The van der Waals surface area contributed by atoms with Gasteiger partial charge in [0.2, 0.25) is 0 Å². The molecule has 0 saturated heterocycles. The molecule has 4 nitrogen and oxygen atoms in total. The van der Waals surface area contributed by atoms with Gasteiger partial charge in [-0.1, -0.05) is 23.7 Å². The Morgan fingerprint density at radius 3 is 2.78 bits per heavy atom. The maximum Gasteiger partial charge on any atom is 0.319 e. The first kappa shape index (κ1) is 13.2. The molecular formula is C13H18ClN3O. The second kappa shape index (κ2) is 6.61. The van der Waals surface area contributed by atoms with Gasteiger partial charge in [-0.25, -0.2) is 4.79 Å². The third-order valence-corrected chi connectivity index (χ3v) is 3.10. The summed E-state index contributed by atoms with van der Waals surface area (Å²) in [6, 6.07) is 7.69. The smallest absolute Gasteiger partial charge is 0.319 e. The van der Waals surface area contributed by atoms with Crippen LogP contribution in [-0.4, -0.2) is 25.2 Å². The van der Waals surface area contributed by atoms with Crippen molar-refractivity contribution in [3.63, 3.8) is 0 Å². The molecule has 0 aliphatic heterocycles. The summed E-state index contributed by atoms with van der Waals surface area (Å²) in [7, 11) is 0. The third kappa shape index (κ3) is 4.55. The second-order valence-corrected chi connectivity index (χ2v) is 4.85. The van der Waals surface area contributed by atoms with E-state index in [2.05, 4.69) is 16.0 Å². The highest BCUT2D eigenvalue weighted by Crippen LogP contribution is 2.20. The molecule has 1 aromatic carbocycles. The van der Waals surface area contributed by atoms with Crippen LogP contribution in [0.2, 0.25) is 5.02 Å². The lowest BCUT2D eigenvalue weighted by atomic mass is 10.3. The van der Waals surface area contributed by atoms with E-state index in [1.165, 1.54) is 12.8 Å². The molecule has 1 aromatic rings. The molecule has 0 atom stereocenters. The van der Waals surface area contributed by atoms with Crippen LogP contribution in [0.1, 0.15) is 19.3 Å². The van der Waals surface area contributed by atoms with Crippen LogP contribution in [0.25, 0.3) is 0 Å². The van der Waals surface area contributed by atoms with Crippen molar-refractivity contribution < 1.29 is 4.79 Å². The van der Waals surface area contributed by atoms with E-state index in [1.54, 1.807) is 12.1 Å². The zero-order chi connectivity index (χ0) is 12.8. The Labute approximate surface area is 112 Å². The number of rotatable bonds is 6. The molecule has 1 fully saturated rings. The third-order valence-electron chi connectivity index (χ3n) is 2.77. The van der Waals surface area contributed by atoms with Gasteiger partial charge in [0.25, 0.3) is 0 Å². The normalized spacial score (nSPS) is 14.3. The zero-order valence-electron chi connectivity index (χ0n) is 10.2. The van der Waals surface area contributed by atoms with Crippen molar-refractivity contribution >= 4 is 23.3 Å². The second-order valence-electron chi connectivity index (χ2n) is 4.44. The molecule has 0 aromatic heterocycles. The number of nitrogens with one attached hydrogen (secondary N) is 3. The molecular weight excluding hydrogens is 250 g/mol. The van der Waals surface area contributed by atoms with Crippen LogP contribution in [0.15, 0.2) is 24.3 Å². The number of para-hydroxylation sites is 1. The van der Waals surface area contributed by atoms with E-state index in [0.29, 0.717) is 17.3 Å². The van der Waals surface area contributed by atoms with Crippen molar-refractivity contribution in [2.75, 3.05) is 18.4 Å². The van der Waals surface area contributed by atoms with Crippen molar-refractivity contribution in [3.8, 4) is 0 Å². The highest BCUT2D eigenvalue weighted by molar-refractivity contribution is 6.33. The summed E-state index contributed by atoms with van der Waals surface area (Å²) < 4.78 is 0. The lowest BCUT2D eigenvalue weighted by Crippen LogP contribution is -2.31. The van der Waals surface area contributed by atoms with Crippen LogP contribution in [0.4, 0.5) is 10.5 Å². The predicted molar refractivity (Wildman–Crippen MR) is 74.1 cm³/mol. The molecule has 18 heavy (non-hydrogen) atoms. The van der Waals surface area contributed by atoms with Gasteiger partial charge in [0.15, 0.2) is 0 Å². The highest BCUT2D eigenvalue weighted by Gasteiger charge is 2.19. The molecule has 2 rings (SSSR count). The molecule has 0 unspecified atom stereocenters. The van der Waals surface area contributed by atoms with E-state index in [9.17, 15) is 4.79 Å². The Bertz CT molecular complexity index is 407. The lowest BCUT2D eigenvalue weighted by molar-refractivity contribution is 0.252. The quantitative estimate of drug-likeness (QED) is 0.694. The van der Waals surface area contributed by atoms with Gasteiger partial charge >= 0.3 is 6.03 Å². The highest BCUT2D eigenvalue weighted by atomic mass is 35.5. The summed E-state index contributed by atoms with van der Waals surface area (Å²) in [6.45, 7) is 1.62. The minimum atomic E-state index is -0.213. The molecule has 0 bridgehead atoms. The Morgan fingerprint density at radius 1 is 1.28 bits per heavy atom. The molecule has 98 valence electrons. The standard InChI is InChI=1S/C13H18ClN3O/c14-11-4-1-2-5-12(11)17-13(18)16-9-3-8-15-10-6-7-10/h1-2,4-5,10,15H,3,6-9H2,(H2,16,17,18). The van der Waals surface area contributed by atoms with Gasteiger partial charge in [0, 0.05) is 12.6 Å². The fourth-order valence-corrected chi connectivity index (χ4v) is 1.80. The largest absolute Gasteiger partial charge is 0.338 e. The number of halogens is 1. The fourth-order valence-electron chi connectivity index (χ4n) is 1.61. The van der Waals surface area contributed by atoms with E-state index >= 15 is 0 Å². The summed E-state index contributed by atoms with van der Waals surface area (Å²) >= 11 is 5.94. The van der Waals surface area contributed by atoms with Gasteiger partial charge in [-0.05, 0) is 37.9 Å². The van der Waals surface area contributed by atoms with Gasteiger partial charge in [-0.2, -0.15) is 0 Å². The van der Waals surface area contributed by atoms with Crippen LogP contribution in [0.3, 0.4) is 0 Å². The van der Waals surface area contributed by atoms with Crippen molar-refractivity contribution in [2.24, 2.45) is 0 Å². The SMILES string of the molecule is O=C(NCCCNC1CC1)Nc1ccccc1Cl. The van der Waals surface area contributed by atoms with Crippen molar-refractivity contribution in [3.05, 3.63) is 29.3 Å². The van der Waals surface area contributed by atoms with Crippen LogP contribution in [-0.2, 0) is 0 Å². The topological polar surface area (TPSA) is 53.2 Å². The van der Waals surface area contributed by atoms with E-state index in [0.717, 1.165) is 19.0 Å². The fraction of sp³-hybridized carbons (Fsp3) is 0.462. The summed E-state index contributed by atoms with van der Waals surface area (Å²) in [5, 5.41) is 9.46. The lowest BCUT2D eigenvalue weighted by Gasteiger charge is -2.09. The van der Waals surface area contributed by atoms with Crippen LogP contribution >= 0.6 is 11.6 Å². The molecule has 3 N–H and O–H groups in total. The molecule has 1 saturated carbocycles. The number of hydrogen-bond donors (Lipinski definition) is 3. The molecule has 1 aliphatic rings. The average Bonchev–Trinajstić information content (AvgIpc) is 3.16. The van der Waals surface area contributed by atoms with Crippen molar-refractivity contribution in [1.82, 2.24) is 10.6 Å². The number of amides is 2. The van der Waals surface area contributed by atoms with Gasteiger partial charge in [0.05, 0.1) is 10.7 Å². The summed E-state index contributed by atoms with van der Waals surface area (Å²) in [4.78, 5) is 11.6. The van der Waals surface area contributed by atoms with Crippen LogP contribution in [0.5, 0.6) is 0 Å². The van der Waals surface area contributed by atoms with Crippen LogP contribution in [0, 0.1) is 0 Å². The first-order chi connectivity index (χ1) is 8.75. The molecule has 1 aliphatic carbocycles. The maximum atomic E-state index is 11.6. The first-order valence-corrected chi connectivity index (χ1v) is 6.66. The van der Waals surface area contributed by atoms with E-state index < -0.39 is 0 Å². The Balaban J connectivity index is 1.60. The average molecular weight is 268 g/mol. The van der Waals surface area contributed by atoms with Crippen LogP contribution < -0.4 is 16.0 Å². The summed E-state index contributed by atoms with van der Waals surface area (Å²) in [5.41, 5.74) is 0.632. The first-order valence-electron chi connectivity index (χ1n) is 6.28. The zero-order valence-corrected chi connectivity index (χ0v) is 11.0. The Hall–Kier alpha value is -1.26. The molecule has 0 heterocycles. The van der Waals surface area contributed by atoms with E-state index in [-0.39, 0.29) is 6.03 Å². The number of anilines is 1. The predicted octanol–water partition coefficient (Wildman–Crippen LogP) is 2.60. The summed E-state index contributed by atoms with van der Waals surface area (Å²) in [5.74, 6) is 0. The minimum absolute atomic E-state index is 0.213. The Morgan fingerprint density at radius 2 is 2.06 bits per heavy atom. The molecule has 5 heteroatoms. The van der Waals surface area contributed by atoms with Gasteiger partial charge in [-0.3, -0.25) is 0 Å². The van der Waals surface area contributed by atoms with Crippen molar-refractivity contribution in [2.45, 2.75) is 25.3 Å². The number of hydrogen-bond acceptors (Lipinski definition) is 2. The minimum Gasteiger partial charge on any atom is -0.338 e.